The van der Waals surface area contributed by atoms with Crippen LogP contribution in [0.5, 0.6) is 0 Å². The van der Waals surface area contributed by atoms with Crippen molar-refractivity contribution in [1.29, 1.82) is 0 Å². The van der Waals surface area contributed by atoms with Gasteiger partial charge in [-0.2, -0.15) is 0 Å². The van der Waals surface area contributed by atoms with E-state index in [1.807, 2.05) is 0 Å². The summed E-state index contributed by atoms with van der Waals surface area (Å²) in [7, 11) is 0. The third-order valence-electron chi connectivity index (χ3n) is 2.21. The molecule has 0 bridgehead atoms. The highest BCUT2D eigenvalue weighted by molar-refractivity contribution is 9.10. The van der Waals surface area contributed by atoms with E-state index in [2.05, 4.69) is 36.8 Å². The number of carboxylic acid groups (broad SMARTS) is 1. The minimum absolute atomic E-state index is 0.226. The summed E-state index contributed by atoms with van der Waals surface area (Å²) in [5.74, 6) is -0.921. The van der Waals surface area contributed by atoms with Crippen LogP contribution in [-0.4, -0.2) is 34.3 Å². The lowest BCUT2D eigenvalue weighted by Crippen LogP contribution is -2.40. The maximum Gasteiger partial charge on any atom is 0.416 e. The van der Waals surface area contributed by atoms with Crippen LogP contribution in [0.3, 0.4) is 0 Å². The smallest absolute Gasteiger partial charge is 0.416 e. The minimum Gasteiger partial charge on any atom is -0.480 e. The number of rotatable bonds is 4. The molecule has 1 N–H and O–H groups in total. The normalized spacial score (nSPS) is 11.1. The lowest BCUT2D eigenvalue weighted by Gasteiger charge is -2.26. The topological polar surface area (TPSA) is 79.7 Å². The summed E-state index contributed by atoms with van der Waals surface area (Å²) in [4.78, 5) is 28.4. The van der Waals surface area contributed by atoms with E-state index in [1.165, 1.54) is 0 Å². The molecule has 0 unspecified atom stereocenters. The molecule has 0 spiro atoms. The van der Waals surface area contributed by atoms with Crippen LogP contribution < -0.4 is 4.90 Å². The van der Waals surface area contributed by atoms with Crippen LogP contribution in [0.1, 0.15) is 26.5 Å². The first-order valence-electron chi connectivity index (χ1n) is 6.07. The number of aromatic nitrogens is 1. The van der Waals surface area contributed by atoms with Crippen LogP contribution in [0, 0.1) is 0 Å². The van der Waals surface area contributed by atoms with Crippen LogP contribution in [0.25, 0.3) is 0 Å². The number of hydrogen-bond acceptors (Lipinski definition) is 4. The number of amides is 1. The molecule has 116 valence electrons. The zero-order chi connectivity index (χ0) is 16.2. The van der Waals surface area contributed by atoms with Crippen LogP contribution in [0.2, 0.25) is 0 Å². The molecule has 8 heteroatoms. The van der Waals surface area contributed by atoms with Gasteiger partial charge in [-0.15, -0.1) is 0 Å². The minimum atomic E-state index is -1.15. The lowest BCUT2D eigenvalue weighted by molar-refractivity contribution is -0.135. The molecule has 1 heterocycles. The molecular formula is C13H16Br2N2O4. The van der Waals surface area contributed by atoms with Gasteiger partial charge in [0.25, 0.3) is 0 Å². The molecule has 0 atom stereocenters. The molecular weight excluding hydrogens is 408 g/mol. The number of anilines is 1. The van der Waals surface area contributed by atoms with E-state index in [0.29, 0.717) is 11.0 Å². The maximum atomic E-state index is 12.2. The van der Waals surface area contributed by atoms with Gasteiger partial charge in [-0.05, 0) is 48.8 Å². The third kappa shape index (κ3) is 5.62. The van der Waals surface area contributed by atoms with Gasteiger partial charge in [0.2, 0.25) is 0 Å². The number of carbonyl (C=O) groups excluding carboxylic acids is 1. The van der Waals surface area contributed by atoms with E-state index in [-0.39, 0.29) is 5.82 Å². The van der Waals surface area contributed by atoms with E-state index in [9.17, 15) is 9.59 Å². The molecule has 0 radical (unpaired) electrons. The Hall–Kier alpha value is -1.15. The molecule has 0 aliphatic heterocycles. The highest BCUT2D eigenvalue weighted by Gasteiger charge is 2.26. The molecule has 6 nitrogen and oxygen atoms in total. The molecule has 0 aliphatic carbocycles. The quantitative estimate of drug-likeness (QED) is 0.748. The van der Waals surface area contributed by atoms with Gasteiger partial charge in [0.05, 0.1) is 5.69 Å². The lowest BCUT2D eigenvalue weighted by atomic mass is 10.2. The maximum absolute atomic E-state index is 12.2. The van der Waals surface area contributed by atoms with E-state index in [4.69, 9.17) is 9.84 Å². The summed E-state index contributed by atoms with van der Waals surface area (Å²) < 4.78 is 5.99. The zero-order valence-electron chi connectivity index (χ0n) is 11.9. The fourth-order valence-corrected chi connectivity index (χ4v) is 2.57. The summed E-state index contributed by atoms with van der Waals surface area (Å²) in [6.45, 7) is 4.61. The second-order valence-electron chi connectivity index (χ2n) is 5.19. The van der Waals surface area contributed by atoms with Crippen LogP contribution >= 0.6 is 31.9 Å². The molecule has 1 rings (SSSR count). The number of halogens is 2. The molecule has 0 aliphatic rings. The van der Waals surface area contributed by atoms with E-state index in [1.54, 1.807) is 32.9 Å². The van der Waals surface area contributed by atoms with Crippen molar-refractivity contribution in [2.24, 2.45) is 0 Å². The van der Waals surface area contributed by atoms with Gasteiger partial charge in [-0.1, -0.05) is 15.9 Å². The number of nitrogens with zero attached hydrogens (tertiary/aromatic N) is 2. The van der Waals surface area contributed by atoms with Crippen LogP contribution in [0.4, 0.5) is 10.6 Å². The van der Waals surface area contributed by atoms with Crippen molar-refractivity contribution >= 4 is 49.7 Å². The number of carbonyl (C=O) groups is 2. The van der Waals surface area contributed by atoms with Gasteiger partial charge in [-0.25, -0.2) is 9.78 Å². The highest BCUT2D eigenvalue weighted by Crippen LogP contribution is 2.23. The summed E-state index contributed by atoms with van der Waals surface area (Å²) in [6, 6.07) is 3.27. The van der Waals surface area contributed by atoms with Crippen molar-refractivity contribution in [2.45, 2.75) is 31.7 Å². The van der Waals surface area contributed by atoms with Gasteiger partial charge in [-0.3, -0.25) is 9.69 Å². The molecule has 1 aromatic rings. The van der Waals surface area contributed by atoms with Gasteiger partial charge in [0.15, 0.2) is 0 Å². The van der Waals surface area contributed by atoms with Crippen molar-refractivity contribution < 1.29 is 19.4 Å². The Balaban J connectivity index is 3.13. The number of hydrogen-bond donors (Lipinski definition) is 1. The van der Waals surface area contributed by atoms with Gasteiger partial charge < -0.3 is 9.84 Å². The van der Waals surface area contributed by atoms with Crippen molar-refractivity contribution in [3.8, 4) is 0 Å². The van der Waals surface area contributed by atoms with Crippen LogP contribution in [0.15, 0.2) is 16.6 Å². The molecule has 0 saturated carbocycles. The Kier molecular flexibility index (Phi) is 6.15. The average Bonchev–Trinajstić information content (AvgIpc) is 2.34. The second-order valence-corrected chi connectivity index (χ2v) is 6.61. The molecule has 0 aromatic carbocycles. The molecule has 0 fully saturated rings. The van der Waals surface area contributed by atoms with Crippen molar-refractivity contribution in [3.63, 3.8) is 0 Å². The Morgan fingerprint density at radius 1 is 1.38 bits per heavy atom. The Bertz CT molecular complexity index is 543. The number of ether oxygens (including phenoxy) is 1. The van der Waals surface area contributed by atoms with Gasteiger partial charge in [0.1, 0.15) is 18.0 Å². The van der Waals surface area contributed by atoms with Gasteiger partial charge in [0, 0.05) is 9.80 Å². The predicted molar refractivity (Wildman–Crippen MR) is 85.8 cm³/mol. The first-order chi connectivity index (χ1) is 9.64. The Labute approximate surface area is 139 Å². The number of carboxylic acids is 1. The summed E-state index contributed by atoms with van der Waals surface area (Å²) in [5, 5.41) is 9.45. The van der Waals surface area contributed by atoms with E-state index >= 15 is 0 Å². The Morgan fingerprint density at radius 3 is 2.48 bits per heavy atom. The molecule has 21 heavy (non-hydrogen) atoms. The fraction of sp³-hybridized carbons (Fsp3) is 0.462. The largest absolute Gasteiger partial charge is 0.480 e. The van der Waals surface area contributed by atoms with Crippen molar-refractivity contribution in [3.05, 3.63) is 22.3 Å². The van der Waals surface area contributed by atoms with Crippen molar-refractivity contribution in [1.82, 2.24) is 4.98 Å². The van der Waals surface area contributed by atoms with Gasteiger partial charge >= 0.3 is 12.1 Å². The van der Waals surface area contributed by atoms with E-state index < -0.39 is 24.2 Å². The number of alkyl halides is 1. The fourth-order valence-electron chi connectivity index (χ4n) is 1.41. The predicted octanol–water partition coefficient (Wildman–Crippen LogP) is 3.57. The number of aliphatic carboxylic acids is 1. The molecule has 1 amide bonds. The summed E-state index contributed by atoms with van der Waals surface area (Å²) in [6.07, 6.45) is -0.750. The SMILES string of the molecule is CC(C)(C)OC(=O)N(CC(=O)O)c1ccc(Br)c(CBr)n1. The zero-order valence-corrected chi connectivity index (χ0v) is 15.1. The first kappa shape index (κ1) is 17.9. The van der Waals surface area contributed by atoms with E-state index in [0.717, 1.165) is 9.37 Å². The average molecular weight is 424 g/mol. The third-order valence-corrected chi connectivity index (χ3v) is 3.47. The standard InChI is InChI=1S/C13H16Br2N2O4/c1-13(2,3)21-12(20)17(7-11(18)19)10-5-4-8(15)9(6-14)16-10/h4-5H,6-7H2,1-3H3,(H,18,19). The molecule has 0 saturated heterocycles. The second kappa shape index (κ2) is 7.22. The van der Waals surface area contributed by atoms with Crippen molar-refractivity contribution in [2.75, 3.05) is 11.4 Å². The number of pyridine rings is 1. The summed E-state index contributed by atoms with van der Waals surface area (Å²) in [5.41, 5.74) is -0.0620. The highest BCUT2D eigenvalue weighted by atomic mass is 79.9. The monoisotopic (exact) mass is 422 g/mol. The van der Waals surface area contributed by atoms with Crippen LogP contribution in [-0.2, 0) is 14.9 Å². The summed E-state index contributed by atoms with van der Waals surface area (Å²) >= 11 is 6.62. The Morgan fingerprint density at radius 2 is 2.00 bits per heavy atom. The first-order valence-corrected chi connectivity index (χ1v) is 7.99. The molecule has 1 aromatic heterocycles.